The average Bonchev–Trinajstić information content (AvgIpc) is 2.75. The van der Waals surface area contributed by atoms with Crippen LogP contribution < -0.4 is 0 Å². The minimum absolute atomic E-state index is 0.0565. The van der Waals surface area contributed by atoms with E-state index in [-0.39, 0.29) is 10.9 Å². The lowest BCUT2D eigenvalue weighted by Gasteiger charge is -2.12. The smallest absolute Gasteiger partial charge is 0.165 e. The van der Waals surface area contributed by atoms with Crippen LogP contribution in [0, 0.1) is 11.7 Å². The normalized spacial score (nSPS) is 11.3. The Morgan fingerprint density at radius 2 is 2.05 bits per heavy atom. The van der Waals surface area contributed by atoms with Gasteiger partial charge in [-0.2, -0.15) is 0 Å². The molecule has 3 nitrogen and oxygen atoms in total. The lowest BCUT2D eigenvalue weighted by molar-refractivity contribution is 0.515. The van der Waals surface area contributed by atoms with Crippen LogP contribution in [0.5, 0.6) is 0 Å². The van der Waals surface area contributed by atoms with Gasteiger partial charge in [-0.25, -0.2) is 4.39 Å². The number of benzene rings is 1. The molecule has 19 heavy (non-hydrogen) atoms. The standard InChI is InChI=1S/C13H14Cl2FN3/c1-8(2)7-19-11(6-14)17-18-13(19)9-4-3-5-10(16)12(9)15/h3-5,8H,6-7H2,1-2H3. The van der Waals surface area contributed by atoms with Crippen molar-refractivity contribution >= 4 is 23.2 Å². The summed E-state index contributed by atoms with van der Waals surface area (Å²) < 4.78 is 15.4. The van der Waals surface area contributed by atoms with Crippen LogP contribution in [0.3, 0.4) is 0 Å². The lowest BCUT2D eigenvalue weighted by atomic mass is 10.2. The van der Waals surface area contributed by atoms with E-state index in [2.05, 4.69) is 24.0 Å². The predicted octanol–water partition coefficient (Wildman–Crippen LogP) is 4.13. The Labute approximate surface area is 121 Å². The molecular formula is C13H14Cl2FN3. The summed E-state index contributed by atoms with van der Waals surface area (Å²) in [5.41, 5.74) is 0.534. The fourth-order valence-corrected chi connectivity index (χ4v) is 2.28. The quantitative estimate of drug-likeness (QED) is 0.795. The van der Waals surface area contributed by atoms with Gasteiger partial charge in [0.05, 0.1) is 10.9 Å². The first kappa shape index (κ1) is 14.3. The van der Waals surface area contributed by atoms with Gasteiger partial charge in [-0.3, -0.25) is 0 Å². The van der Waals surface area contributed by atoms with E-state index in [1.54, 1.807) is 12.1 Å². The van der Waals surface area contributed by atoms with Crippen LogP contribution in [-0.2, 0) is 12.4 Å². The highest BCUT2D eigenvalue weighted by Gasteiger charge is 2.17. The monoisotopic (exact) mass is 301 g/mol. The highest BCUT2D eigenvalue weighted by atomic mass is 35.5. The second kappa shape index (κ2) is 5.88. The molecular weight excluding hydrogens is 288 g/mol. The van der Waals surface area contributed by atoms with Crippen molar-refractivity contribution in [3.63, 3.8) is 0 Å². The highest BCUT2D eigenvalue weighted by Crippen LogP contribution is 2.29. The number of rotatable bonds is 4. The Morgan fingerprint density at radius 3 is 2.68 bits per heavy atom. The zero-order valence-corrected chi connectivity index (χ0v) is 12.2. The number of hydrogen-bond acceptors (Lipinski definition) is 2. The zero-order valence-electron chi connectivity index (χ0n) is 10.7. The van der Waals surface area contributed by atoms with Crippen molar-refractivity contribution in [2.24, 2.45) is 5.92 Å². The van der Waals surface area contributed by atoms with Crippen molar-refractivity contribution in [2.45, 2.75) is 26.3 Å². The third-order valence-electron chi connectivity index (χ3n) is 2.69. The summed E-state index contributed by atoms with van der Waals surface area (Å²) in [6, 6.07) is 4.65. The predicted molar refractivity (Wildman–Crippen MR) is 74.8 cm³/mol. The van der Waals surface area contributed by atoms with E-state index in [4.69, 9.17) is 23.2 Å². The van der Waals surface area contributed by atoms with Crippen LogP contribution in [0.25, 0.3) is 11.4 Å². The van der Waals surface area contributed by atoms with Crippen molar-refractivity contribution < 1.29 is 4.39 Å². The van der Waals surface area contributed by atoms with Gasteiger partial charge in [0, 0.05) is 12.1 Å². The summed E-state index contributed by atoms with van der Waals surface area (Å²) in [6.45, 7) is 4.86. The largest absolute Gasteiger partial charge is 0.310 e. The Kier molecular flexibility index (Phi) is 4.42. The van der Waals surface area contributed by atoms with Gasteiger partial charge in [0.1, 0.15) is 11.6 Å². The van der Waals surface area contributed by atoms with Crippen LogP contribution in [0.2, 0.25) is 5.02 Å². The zero-order chi connectivity index (χ0) is 14.0. The van der Waals surface area contributed by atoms with Crippen LogP contribution >= 0.6 is 23.2 Å². The van der Waals surface area contributed by atoms with Crippen LogP contribution in [-0.4, -0.2) is 14.8 Å². The van der Waals surface area contributed by atoms with E-state index in [0.29, 0.717) is 29.7 Å². The molecule has 1 aromatic heterocycles. The van der Waals surface area contributed by atoms with Crippen molar-refractivity contribution in [1.82, 2.24) is 14.8 Å². The summed E-state index contributed by atoms with van der Waals surface area (Å²) in [4.78, 5) is 0. The van der Waals surface area contributed by atoms with Gasteiger partial charge >= 0.3 is 0 Å². The van der Waals surface area contributed by atoms with Gasteiger partial charge in [-0.1, -0.05) is 31.5 Å². The first-order chi connectivity index (χ1) is 9.04. The van der Waals surface area contributed by atoms with Gasteiger partial charge in [-0.05, 0) is 18.1 Å². The minimum atomic E-state index is -0.467. The van der Waals surface area contributed by atoms with Crippen molar-refractivity contribution in [2.75, 3.05) is 0 Å². The van der Waals surface area contributed by atoms with Crippen LogP contribution in [0.4, 0.5) is 4.39 Å². The van der Waals surface area contributed by atoms with Gasteiger partial charge in [0.2, 0.25) is 0 Å². The van der Waals surface area contributed by atoms with Crippen molar-refractivity contribution in [3.05, 3.63) is 34.9 Å². The summed E-state index contributed by atoms with van der Waals surface area (Å²) in [7, 11) is 0. The number of nitrogens with zero attached hydrogens (tertiary/aromatic N) is 3. The van der Waals surface area contributed by atoms with Crippen molar-refractivity contribution in [3.8, 4) is 11.4 Å². The van der Waals surface area contributed by atoms with E-state index in [0.717, 1.165) is 0 Å². The highest BCUT2D eigenvalue weighted by molar-refractivity contribution is 6.33. The fourth-order valence-electron chi connectivity index (χ4n) is 1.87. The summed E-state index contributed by atoms with van der Waals surface area (Å²) in [6.07, 6.45) is 0. The molecule has 6 heteroatoms. The Bertz CT molecular complexity index is 581. The third kappa shape index (κ3) is 2.90. The summed E-state index contributed by atoms with van der Waals surface area (Å²) >= 11 is 11.9. The molecule has 1 heterocycles. The second-order valence-corrected chi connectivity index (χ2v) is 5.32. The molecule has 0 bridgehead atoms. The second-order valence-electron chi connectivity index (χ2n) is 4.68. The summed E-state index contributed by atoms with van der Waals surface area (Å²) in [5.74, 6) is 1.39. The molecule has 2 aromatic rings. The number of hydrogen-bond donors (Lipinski definition) is 0. The first-order valence-electron chi connectivity index (χ1n) is 5.97. The van der Waals surface area contributed by atoms with Gasteiger partial charge in [0.25, 0.3) is 0 Å². The molecule has 0 saturated heterocycles. The third-order valence-corrected chi connectivity index (χ3v) is 3.31. The molecule has 0 aliphatic carbocycles. The molecule has 102 valence electrons. The maximum absolute atomic E-state index is 13.5. The minimum Gasteiger partial charge on any atom is -0.310 e. The number of aromatic nitrogens is 3. The van der Waals surface area contributed by atoms with Crippen molar-refractivity contribution in [1.29, 1.82) is 0 Å². The van der Waals surface area contributed by atoms with Gasteiger partial charge in [0.15, 0.2) is 5.82 Å². The van der Waals surface area contributed by atoms with Crippen LogP contribution in [0.15, 0.2) is 18.2 Å². The maximum Gasteiger partial charge on any atom is 0.165 e. The number of halogens is 3. The van der Waals surface area contributed by atoms with E-state index >= 15 is 0 Å². The molecule has 0 saturated carbocycles. The molecule has 0 spiro atoms. The molecule has 0 unspecified atom stereocenters. The lowest BCUT2D eigenvalue weighted by Crippen LogP contribution is -2.09. The number of alkyl halides is 1. The van der Waals surface area contributed by atoms with E-state index < -0.39 is 5.82 Å². The van der Waals surface area contributed by atoms with Crippen LogP contribution in [0.1, 0.15) is 19.7 Å². The fraction of sp³-hybridized carbons (Fsp3) is 0.385. The summed E-state index contributed by atoms with van der Waals surface area (Å²) in [5, 5.41) is 8.18. The van der Waals surface area contributed by atoms with E-state index in [9.17, 15) is 4.39 Å². The molecule has 0 radical (unpaired) electrons. The molecule has 2 rings (SSSR count). The van der Waals surface area contributed by atoms with E-state index in [1.165, 1.54) is 6.07 Å². The first-order valence-corrected chi connectivity index (χ1v) is 6.88. The Balaban J connectivity index is 2.55. The molecule has 0 fully saturated rings. The molecule has 0 aliphatic rings. The Hall–Kier alpha value is -1.13. The molecule has 0 atom stereocenters. The Morgan fingerprint density at radius 1 is 1.32 bits per heavy atom. The molecule has 0 aliphatic heterocycles. The maximum atomic E-state index is 13.5. The van der Waals surface area contributed by atoms with E-state index in [1.807, 2.05) is 4.57 Å². The molecule has 0 amide bonds. The molecule has 1 aromatic carbocycles. The topological polar surface area (TPSA) is 30.7 Å². The van der Waals surface area contributed by atoms with Gasteiger partial charge < -0.3 is 4.57 Å². The SMILES string of the molecule is CC(C)Cn1c(CCl)nnc1-c1cccc(F)c1Cl. The average molecular weight is 302 g/mol. The van der Waals surface area contributed by atoms with Gasteiger partial charge in [-0.15, -0.1) is 21.8 Å². The molecule has 0 N–H and O–H groups in total.